The summed E-state index contributed by atoms with van der Waals surface area (Å²) in [5, 5.41) is 14.7. The summed E-state index contributed by atoms with van der Waals surface area (Å²) >= 11 is 1.23. The maximum atomic E-state index is 13.3. The van der Waals surface area contributed by atoms with Gasteiger partial charge in [0.1, 0.15) is 16.6 Å². The standard InChI is InChI=1S/C22H22FN5O3S/c1-31-18-7-5-16(6-8-18)25-22(30)28-11-9-14(10-12-28)20-26-27-21(32-20)19(29)24-17-4-2-3-15(23)13-17/h2-8,13-14H,9-12H2,1H3,(H,24,29)(H,25,30). The fourth-order valence-electron chi connectivity index (χ4n) is 3.45. The van der Waals surface area contributed by atoms with Gasteiger partial charge in [-0.2, -0.15) is 0 Å². The Morgan fingerprint density at radius 2 is 1.81 bits per heavy atom. The van der Waals surface area contributed by atoms with Crippen LogP contribution in [0.4, 0.5) is 20.6 Å². The molecule has 4 rings (SSSR count). The minimum absolute atomic E-state index is 0.133. The number of carbonyl (C=O) groups is 2. The number of methoxy groups -OCH3 is 1. The third-order valence-electron chi connectivity index (χ3n) is 5.19. The lowest BCUT2D eigenvalue weighted by Crippen LogP contribution is -2.40. The molecule has 3 aromatic rings. The molecule has 2 heterocycles. The van der Waals surface area contributed by atoms with E-state index in [4.69, 9.17) is 4.74 Å². The van der Waals surface area contributed by atoms with Crippen molar-refractivity contribution in [1.82, 2.24) is 15.1 Å². The topological polar surface area (TPSA) is 96.4 Å². The number of rotatable bonds is 5. The predicted molar refractivity (Wildman–Crippen MR) is 120 cm³/mol. The minimum Gasteiger partial charge on any atom is -0.497 e. The Morgan fingerprint density at radius 1 is 1.06 bits per heavy atom. The lowest BCUT2D eigenvalue weighted by molar-refractivity contribution is 0.102. The van der Waals surface area contributed by atoms with Crippen LogP contribution in [0.25, 0.3) is 0 Å². The molecule has 0 aliphatic carbocycles. The average Bonchev–Trinajstić information content (AvgIpc) is 3.30. The lowest BCUT2D eigenvalue weighted by Gasteiger charge is -2.30. The van der Waals surface area contributed by atoms with Gasteiger partial charge < -0.3 is 20.3 Å². The van der Waals surface area contributed by atoms with Crippen molar-refractivity contribution in [2.24, 2.45) is 0 Å². The van der Waals surface area contributed by atoms with Gasteiger partial charge >= 0.3 is 6.03 Å². The van der Waals surface area contributed by atoms with Crippen molar-refractivity contribution < 1.29 is 18.7 Å². The highest BCUT2D eigenvalue weighted by Crippen LogP contribution is 2.30. The highest BCUT2D eigenvalue weighted by molar-refractivity contribution is 7.13. The molecule has 166 valence electrons. The van der Waals surface area contributed by atoms with E-state index in [2.05, 4.69) is 20.8 Å². The van der Waals surface area contributed by atoms with Crippen LogP contribution in [0.1, 0.15) is 33.6 Å². The van der Waals surface area contributed by atoms with Gasteiger partial charge in [-0.1, -0.05) is 17.4 Å². The number of nitrogens with one attached hydrogen (secondary N) is 2. The van der Waals surface area contributed by atoms with Gasteiger partial charge in [0.2, 0.25) is 5.01 Å². The number of anilines is 2. The number of hydrogen-bond acceptors (Lipinski definition) is 6. The Kier molecular flexibility index (Phi) is 6.60. The number of ether oxygens (including phenoxy) is 1. The molecule has 0 saturated carbocycles. The van der Waals surface area contributed by atoms with Crippen LogP contribution in [-0.2, 0) is 0 Å². The Balaban J connectivity index is 1.30. The predicted octanol–water partition coefficient (Wildman–Crippen LogP) is 4.35. The van der Waals surface area contributed by atoms with Crippen molar-refractivity contribution >= 4 is 34.6 Å². The molecule has 1 fully saturated rings. The second-order valence-corrected chi connectivity index (χ2v) is 8.34. The summed E-state index contributed by atoms with van der Waals surface area (Å²) in [6.45, 7) is 1.16. The average molecular weight is 456 g/mol. The number of amides is 3. The van der Waals surface area contributed by atoms with Gasteiger partial charge in [-0.25, -0.2) is 9.18 Å². The van der Waals surface area contributed by atoms with E-state index in [1.807, 2.05) is 0 Å². The first-order valence-corrected chi connectivity index (χ1v) is 10.9. The van der Waals surface area contributed by atoms with Crippen LogP contribution in [0.3, 0.4) is 0 Å². The van der Waals surface area contributed by atoms with Crippen LogP contribution in [0.2, 0.25) is 0 Å². The van der Waals surface area contributed by atoms with Crippen molar-refractivity contribution in [1.29, 1.82) is 0 Å². The summed E-state index contributed by atoms with van der Waals surface area (Å²) in [5.41, 5.74) is 1.07. The van der Waals surface area contributed by atoms with Gasteiger partial charge in [-0.05, 0) is 55.3 Å². The van der Waals surface area contributed by atoms with Gasteiger partial charge in [0.15, 0.2) is 0 Å². The van der Waals surface area contributed by atoms with Crippen LogP contribution in [0.15, 0.2) is 48.5 Å². The summed E-state index contributed by atoms with van der Waals surface area (Å²) < 4.78 is 18.4. The third-order valence-corrected chi connectivity index (χ3v) is 6.27. The second-order valence-electron chi connectivity index (χ2n) is 7.33. The molecule has 3 amide bonds. The molecular formula is C22H22FN5O3S. The molecule has 1 aliphatic heterocycles. The van der Waals surface area contributed by atoms with Crippen LogP contribution >= 0.6 is 11.3 Å². The molecule has 0 spiro atoms. The van der Waals surface area contributed by atoms with Crippen molar-refractivity contribution in [3.8, 4) is 5.75 Å². The van der Waals surface area contributed by atoms with Crippen LogP contribution < -0.4 is 15.4 Å². The molecule has 0 bridgehead atoms. The quantitative estimate of drug-likeness (QED) is 0.596. The zero-order valence-electron chi connectivity index (χ0n) is 17.4. The molecular weight excluding hydrogens is 433 g/mol. The minimum atomic E-state index is -0.427. The van der Waals surface area contributed by atoms with E-state index < -0.39 is 11.7 Å². The zero-order valence-corrected chi connectivity index (χ0v) is 18.2. The van der Waals surface area contributed by atoms with Crippen LogP contribution in [0, 0.1) is 5.82 Å². The smallest absolute Gasteiger partial charge is 0.321 e. The van der Waals surface area contributed by atoms with Gasteiger partial charge in [0, 0.05) is 30.4 Å². The molecule has 0 atom stereocenters. The lowest BCUT2D eigenvalue weighted by atomic mass is 9.98. The first-order valence-electron chi connectivity index (χ1n) is 10.1. The summed E-state index contributed by atoms with van der Waals surface area (Å²) in [6, 6.07) is 12.7. The monoisotopic (exact) mass is 455 g/mol. The van der Waals surface area contributed by atoms with E-state index in [1.165, 1.54) is 29.5 Å². The number of hydrogen-bond donors (Lipinski definition) is 2. The van der Waals surface area contributed by atoms with E-state index in [1.54, 1.807) is 42.3 Å². The number of halogens is 1. The van der Waals surface area contributed by atoms with E-state index in [-0.39, 0.29) is 17.0 Å². The molecule has 32 heavy (non-hydrogen) atoms. The van der Waals surface area contributed by atoms with Crippen molar-refractivity contribution in [3.63, 3.8) is 0 Å². The summed E-state index contributed by atoms with van der Waals surface area (Å²) in [5.74, 6) is 0.0114. The zero-order chi connectivity index (χ0) is 22.5. The fraction of sp³-hybridized carbons (Fsp3) is 0.273. The largest absolute Gasteiger partial charge is 0.497 e. The van der Waals surface area contributed by atoms with Gasteiger partial charge in [0.05, 0.1) is 7.11 Å². The maximum absolute atomic E-state index is 13.3. The van der Waals surface area contributed by atoms with E-state index in [0.717, 1.165) is 23.6 Å². The van der Waals surface area contributed by atoms with Crippen LogP contribution in [0.5, 0.6) is 5.75 Å². The van der Waals surface area contributed by atoms with Crippen molar-refractivity contribution in [3.05, 3.63) is 64.4 Å². The van der Waals surface area contributed by atoms with Crippen molar-refractivity contribution in [2.45, 2.75) is 18.8 Å². The Labute approximate surface area is 188 Å². The number of urea groups is 1. The number of piperidine rings is 1. The Morgan fingerprint density at radius 3 is 2.50 bits per heavy atom. The highest BCUT2D eigenvalue weighted by atomic mass is 32.1. The first kappa shape index (κ1) is 21.7. The highest BCUT2D eigenvalue weighted by Gasteiger charge is 2.27. The van der Waals surface area contributed by atoms with E-state index >= 15 is 0 Å². The summed E-state index contributed by atoms with van der Waals surface area (Å²) in [6.07, 6.45) is 1.46. The van der Waals surface area contributed by atoms with Gasteiger partial charge in [-0.15, -0.1) is 10.2 Å². The number of benzene rings is 2. The molecule has 1 saturated heterocycles. The molecule has 1 aromatic heterocycles. The Bertz CT molecular complexity index is 1100. The molecule has 2 aromatic carbocycles. The molecule has 2 N–H and O–H groups in total. The van der Waals surface area contributed by atoms with E-state index in [0.29, 0.717) is 24.5 Å². The van der Waals surface area contributed by atoms with Gasteiger partial charge in [0.25, 0.3) is 5.91 Å². The summed E-state index contributed by atoms with van der Waals surface area (Å²) in [4.78, 5) is 26.7. The number of nitrogens with zero attached hydrogens (tertiary/aromatic N) is 3. The van der Waals surface area contributed by atoms with Crippen molar-refractivity contribution in [2.75, 3.05) is 30.8 Å². The fourth-order valence-corrected chi connectivity index (χ4v) is 4.36. The molecule has 0 radical (unpaired) electrons. The molecule has 8 nitrogen and oxygen atoms in total. The number of carbonyl (C=O) groups excluding carboxylic acids is 2. The number of aromatic nitrogens is 2. The Hall–Kier alpha value is -3.53. The maximum Gasteiger partial charge on any atom is 0.321 e. The second kappa shape index (κ2) is 9.73. The summed E-state index contributed by atoms with van der Waals surface area (Å²) in [7, 11) is 1.59. The van der Waals surface area contributed by atoms with Gasteiger partial charge in [-0.3, -0.25) is 4.79 Å². The third kappa shape index (κ3) is 5.20. The normalized spacial score (nSPS) is 14.1. The van der Waals surface area contributed by atoms with E-state index in [9.17, 15) is 14.0 Å². The molecule has 0 unspecified atom stereocenters. The molecule has 10 heteroatoms. The first-order chi connectivity index (χ1) is 15.5. The SMILES string of the molecule is COc1ccc(NC(=O)N2CCC(c3nnc(C(=O)Nc4cccc(F)c4)s3)CC2)cc1. The number of likely N-dealkylation sites (tertiary alicyclic amines) is 1. The molecule has 1 aliphatic rings. The van der Waals surface area contributed by atoms with Crippen LogP contribution in [-0.4, -0.2) is 47.2 Å².